The van der Waals surface area contributed by atoms with E-state index >= 15 is 0 Å². The van der Waals surface area contributed by atoms with Crippen LogP contribution in [0.25, 0.3) is 0 Å². The number of rotatable bonds is 2. The summed E-state index contributed by atoms with van der Waals surface area (Å²) in [7, 11) is 0. The van der Waals surface area contributed by atoms with Gasteiger partial charge < -0.3 is 14.3 Å². The molecule has 1 aromatic heterocycles. The van der Waals surface area contributed by atoms with Crippen LogP contribution >= 0.6 is 0 Å². The Bertz CT molecular complexity index is 252. The third-order valence-corrected chi connectivity index (χ3v) is 0.922. The third-order valence-electron chi connectivity index (χ3n) is 0.922. The van der Waals surface area contributed by atoms with E-state index in [-0.39, 0.29) is 5.75 Å². The quantitative estimate of drug-likeness (QED) is 0.589. The molecule has 1 rings (SSSR count). The van der Waals surface area contributed by atoms with E-state index in [1.807, 2.05) is 0 Å². The fraction of sp³-hybridized carbons (Fsp3) is 0.167. The van der Waals surface area contributed by atoms with Gasteiger partial charge in [-0.05, 0) is 12.1 Å². The van der Waals surface area contributed by atoms with Gasteiger partial charge in [-0.25, -0.2) is 4.79 Å². The lowest BCUT2D eigenvalue weighted by Crippen LogP contribution is -2.06. The lowest BCUT2D eigenvalue weighted by Gasteiger charge is -1.96. The Kier molecular flexibility index (Phi) is 2.07. The summed E-state index contributed by atoms with van der Waals surface area (Å²) in [5.74, 6) is 0.0185. The average Bonchev–Trinajstić information content (AvgIpc) is 1.94. The molecule has 4 heteroatoms. The van der Waals surface area contributed by atoms with Crippen LogP contribution in [0, 0.1) is 0 Å². The minimum Gasteiger partial charge on any atom is -0.460 e. The standard InChI is InChI=1S/C6H6O4/c7-4-10-5-2-1-3-9-6(5)8/h1-3,7H,4H2. The van der Waals surface area contributed by atoms with Crippen molar-refractivity contribution in [2.75, 3.05) is 6.79 Å². The molecule has 0 aliphatic rings. The first-order valence-corrected chi connectivity index (χ1v) is 2.66. The Balaban J connectivity index is 2.92. The van der Waals surface area contributed by atoms with E-state index in [0.717, 1.165) is 0 Å². The second-order valence-electron chi connectivity index (χ2n) is 1.54. The summed E-state index contributed by atoms with van der Waals surface area (Å²) in [6.07, 6.45) is 1.24. The van der Waals surface area contributed by atoms with Gasteiger partial charge in [-0.2, -0.15) is 0 Å². The molecule has 54 valence electrons. The zero-order valence-electron chi connectivity index (χ0n) is 5.11. The van der Waals surface area contributed by atoms with Crippen molar-refractivity contribution in [2.45, 2.75) is 0 Å². The molecular weight excluding hydrogens is 136 g/mol. The summed E-state index contributed by atoms with van der Waals surface area (Å²) in [6, 6.07) is 2.93. The van der Waals surface area contributed by atoms with Gasteiger partial charge in [-0.1, -0.05) is 0 Å². The van der Waals surface area contributed by atoms with E-state index < -0.39 is 12.4 Å². The summed E-state index contributed by atoms with van der Waals surface area (Å²) in [4.78, 5) is 10.6. The molecule has 1 N–H and O–H groups in total. The van der Waals surface area contributed by atoms with E-state index in [1.54, 1.807) is 0 Å². The number of hydrogen-bond donors (Lipinski definition) is 1. The molecular formula is C6H6O4. The molecule has 0 unspecified atom stereocenters. The molecule has 0 atom stereocenters. The van der Waals surface area contributed by atoms with Crippen molar-refractivity contribution in [3.8, 4) is 5.75 Å². The molecule has 4 nitrogen and oxygen atoms in total. The highest BCUT2D eigenvalue weighted by Gasteiger charge is 1.97. The van der Waals surface area contributed by atoms with Gasteiger partial charge >= 0.3 is 5.63 Å². The van der Waals surface area contributed by atoms with Crippen molar-refractivity contribution >= 4 is 0 Å². The van der Waals surface area contributed by atoms with Crippen molar-refractivity contribution in [3.63, 3.8) is 0 Å². The smallest absolute Gasteiger partial charge is 0.378 e. The molecule has 0 spiro atoms. The topological polar surface area (TPSA) is 59.7 Å². The Labute approximate surface area is 56.7 Å². The molecule has 0 saturated heterocycles. The number of aliphatic hydroxyl groups is 1. The first kappa shape index (κ1) is 6.82. The van der Waals surface area contributed by atoms with Crippen LogP contribution in [-0.2, 0) is 0 Å². The van der Waals surface area contributed by atoms with Crippen LogP contribution in [0.1, 0.15) is 0 Å². The van der Waals surface area contributed by atoms with E-state index in [1.165, 1.54) is 18.4 Å². The summed E-state index contributed by atoms with van der Waals surface area (Å²) >= 11 is 0. The molecule has 1 aromatic rings. The van der Waals surface area contributed by atoms with Crippen molar-refractivity contribution in [1.29, 1.82) is 0 Å². The SMILES string of the molecule is O=c1occcc1OCO. The molecule has 0 bridgehead atoms. The molecule has 0 fully saturated rings. The maximum Gasteiger partial charge on any atom is 0.378 e. The second kappa shape index (κ2) is 3.03. The molecule has 0 aliphatic heterocycles. The molecule has 1 heterocycles. The van der Waals surface area contributed by atoms with Gasteiger partial charge in [0.05, 0.1) is 6.26 Å². The number of ether oxygens (including phenoxy) is 1. The number of hydrogen-bond acceptors (Lipinski definition) is 4. The van der Waals surface area contributed by atoms with Crippen LogP contribution in [-0.4, -0.2) is 11.9 Å². The van der Waals surface area contributed by atoms with Crippen molar-refractivity contribution < 1.29 is 14.3 Å². The largest absolute Gasteiger partial charge is 0.460 e. The lowest BCUT2D eigenvalue weighted by atomic mass is 10.5. The third kappa shape index (κ3) is 1.35. The van der Waals surface area contributed by atoms with Gasteiger partial charge in [0.1, 0.15) is 0 Å². The van der Waals surface area contributed by atoms with Crippen molar-refractivity contribution in [2.24, 2.45) is 0 Å². The fourth-order valence-electron chi connectivity index (χ4n) is 0.530. The maximum absolute atomic E-state index is 10.6. The lowest BCUT2D eigenvalue weighted by molar-refractivity contribution is 0.0944. The fourth-order valence-corrected chi connectivity index (χ4v) is 0.530. The van der Waals surface area contributed by atoms with Gasteiger partial charge in [0.2, 0.25) is 5.75 Å². The van der Waals surface area contributed by atoms with Crippen molar-refractivity contribution in [1.82, 2.24) is 0 Å². The minimum atomic E-state index is -0.587. The summed E-state index contributed by atoms with van der Waals surface area (Å²) in [5.41, 5.74) is -0.587. The van der Waals surface area contributed by atoms with Gasteiger partial charge in [0.25, 0.3) is 0 Å². The molecule has 0 radical (unpaired) electrons. The Morgan fingerprint density at radius 2 is 2.50 bits per heavy atom. The first-order chi connectivity index (χ1) is 4.84. The Morgan fingerprint density at radius 3 is 3.10 bits per heavy atom. The van der Waals surface area contributed by atoms with Crippen LogP contribution in [0.2, 0.25) is 0 Å². The van der Waals surface area contributed by atoms with Crippen LogP contribution < -0.4 is 10.4 Å². The zero-order chi connectivity index (χ0) is 7.40. The maximum atomic E-state index is 10.6. The predicted molar refractivity (Wildman–Crippen MR) is 32.7 cm³/mol. The molecule has 0 amide bonds. The van der Waals surface area contributed by atoms with Gasteiger partial charge in [0.15, 0.2) is 6.79 Å². The predicted octanol–water partition coefficient (Wildman–Crippen LogP) is -0.0316. The number of aliphatic hydroxyl groups excluding tert-OH is 1. The first-order valence-electron chi connectivity index (χ1n) is 2.66. The van der Waals surface area contributed by atoms with Gasteiger partial charge in [0, 0.05) is 0 Å². The zero-order valence-corrected chi connectivity index (χ0v) is 5.11. The molecule has 0 aliphatic carbocycles. The second-order valence-corrected chi connectivity index (χ2v) is 1.54. The highest BCUT2D eigenvalue weighted by Crippen LogP contribution is 1.99. The van der Waals surface area contributed by atoms with Crippen LogP contribution in [0.4, 0.5) is 0 Å². The Morgan fingerprint density at radius 1 is 1.70 bits per heavy atom. The minimum absolute atomic E-state index is 0.0185. The normalized spacial score (nSPS) is 9.30. The molecule has 10 heavy (non-hydrogen) atoms. The Hall–Kier alpha value is -1.29. The summed E-state index contributed by atoms with van der Waals surface area (Å²) in [5, 5.41) is 8.24. The summed E-state index contributed by atoms with van der Waals surface area (Å²) in [6.45, 7) is -0.519. The van der Waals surface area contributed by atoms with E-state index in [2.05, 4.69) is 9.15 Å². The highest BCUT2D eigenvalue weighted by molar-refractivity contribution is 5.13. The van der Waals surface area contributed by atoms with Crippen LogP contribution in [0.3, 0.4) is 0 Å². The highest BCUT2D eigenvalue weighted by atomic mass is 16.6. The van der Waals surface area contributed by atoms with Gasteiger partial charge in [-0.3, -0.25) is 0 Å². The van der Waals surface area contributed by atoms with E-state index in [0.29, 0.717) is 0 Å². The van der Waals surface area contributed by atoms with Crippen molar-refractivity contribution in [3.05, 3.63) is 28.8 Å². The van der Waals surface area contributed by atoms with E-state index in [9.17, 15) is 4.79 Å². The van der Waals surface area contributed by atoms with E-state index in [4.69, 9.17) is 5.11 Å². The van der Waals surface area contributed by atoms with Gasteiger partial charge in [-0.15, -0.1) is 0 Å². The average molecular weight is 142 g/mol. The molecule has 0 aromatic carbocycles. The molecule has 0 saturated carbocycles. The van der Waals surface area contributed by atoms with Crippen LogP contribution in [0.15, 0.2) is 27.6 Å². The monoisotopic (exact) mass is 142 g/mol. The van der Waals surface area contributed by atoms with Crippen LogP contribution in [0.5, 0.6) is 5.75 Å². The summed E-state index contributed by atoms with van der Waals surface area (Å²) < 4.78 is 8.91.